The number of hydrogen-bond acceptors (Lipinski definition) is 6. The monoisotopic (exact) mass is 512 g/mol. The van der Waals surface area contributed by atoms with Crippen LogP contribution in [-0.2, 0) is 11.2 Å². The van der Waals surface area contributed by atoms with Gasteiger partial charge in [0.2, 0.25) is 0 Å². The highest BCUT2D eigenvalue weighted by Gasteiger charge is 2.38. The van der Waals surface area contributed by atoms with Gasteiger partial charge in [-0.2, -0.15) is 13.2 Å². The zero-order valence-electron chi connectivity index (χ0n) is 18.1. The fourth-order valence-electron chi connectivity index (χ4n) is 3.03. The number of carboxylic acids is 1. The van der Waals surface area contributed by atoms with Crippen molar-refractivity contribution in [1.29, 1.82) is 0 Å². The number of benzene rings is 1. The summed E-state index contributed by atoms with van der Waals surface area (Å²) in [6.07, 6.45) is -1.09. The largest absolute Gasteiger partial charge is 0.495 e. The average molecular weight is 513 g/mol. The Morgan fingerprint density at radius 2 is 2.00 bits per heavy atom. The van der Waals surface area contributed by atoms with Crippen molar-refractivity contribution in [1.82, 2.24) is 14.4 Å². The lowest BCUT2D eigenvalue weighted by Gasteiger charge is -2.06. The van der Waals surface area contributed by atoms with Gasteiger partial charge in [0.25, 0.3) is 0 Å². The van der Waals surface area contributed by atoms with Crippen LogP contribution in [0.2, 0.25) is 5.02 Å². The summed E-state index contributed by atoms with van der Waals surface area (Å²) in [5.41, 5.74) is 4.87. The summed E-state index contributed by atoms with van der Waals surface area (Å²) in [4.78, 5) is 18.5. The molecule has 4 aromatic rings. The molecule has 0 aliphatic heterocycles. The molecule has 0 bridgehead atoms. The van der Waals surface area contributed by atoms with Gasteiger partial charge in [0, 0.05) is 17.3 Å². The first-order valence-electron chi connectivity index (χ1n) is 9.96. The second kappa shape index (κ2) is 10.7. The summed E-state index contributed by atoms with van der Waals surface area (Å²) in [6, 6.07) is 11.6. The van der Waals surface area contributed by atoms with Crippen LogP contribution in [-0.4, -0.2) is 38.7 Å². The summed E-state index contributed by atoms with van der Waals surface area (Å²) in [6.45, 7) is 2.16. The molecule has 12 heteroatoms. The third-order valence-electron chi connectivity index (χ3n) is 4.48. The van der Waals surface area contributed by atoms with Gasteiger partial charge in [-0.1, -0.05) is 31.0 Å². The van der Waals surface area contributed by atoms with Gasteiger partial charge in [0.05, 0.1) is 23.5 Å². The molecule has 0 atom stereocenters. The molecule has 0 saturated heterocycles. The SMILES string of the molecule is CCCc1nc2ccccn2c1-c1csc(Nc2ccc(OC)c(Cl)c2)n1.O=C(O)C(F)(F)F. The number of aryl methyl sites for hydroxylation is 1. The molecule has 0 radical (unpaired) electrons. The standard InChI is InChI=1S/C20H19ClN4OS.C2HF3O2/c1-3-6-15-19(25-10-5-4-7-18(25)23-15)16-12-27-20(24-16)22-13-8-9-17(26-2)14(21)11-13;3-2(4,5)1(6)7/h4-5,7-12H,3,6H2,1-2H3,(H,22,24);(H,6,7). The molecule has 0 aliphatic carbocycles. The number of nitrogens with one attached hydrogen (secondary N) is 1. The number of halogens is 4. The van der Waals surface area contributed by atoms with Crippen LogP contribution >= 0.6 is 22.9 Å². The Hall–Kier alpha value is -3.31. The number of ether oxygens (including phenoxy) is 1. The van der Waals surface area contributed by atoms with Crippen LogP contribution in [0, 0.1) is 0 Å². The van der Waals surface area contributed by atoms with E-state index in [0.29, 0.717) is 10.8 Å². The number of methoxy groups -OCH3 is 1. The number of aromatic nitrogens is 3. The van der Waals surface area contributed by atoms with E-state index in [9.17, 15) is 13.2 Å². The lowest BCUT2D eigenvalue weighted by molar-refractivity contribution is -0.192. The van der Waals surface area contributed by atoms with Crippen molar-refractivity contribution in [3.8, 4) is 17.1 Å². The third kappa shape index (κ3) is 5.97. The maximum absolute atomic E-state index is 10.6. The number of pyridine rings is 1. The topological polar surface area (TPSA) is 88.8 Å². The normalized spacial score (nSPS) is 11.1. The predicted molar refractivity (Wildman–Crippen MR) is 125 cm³/mol. The highest BCUT2D eigenvalue weighted by molar-refractivity contribution is 7.14. The van der Waals surface area contributed by atoms with Crippen molar-refractivity contribution in [2.24, 2.45) is 0 Å². The van der Waals surface area contributed by atoms with Gasteiger partial charge in [-0.3, -0.25) is 4.40 Å². The van der Waals surface area contributed by atoms with Crippen LogP contribution in [0.1, 0.15) is 19.0 Å². The first kappa shape index (κ1) is 25.3. The minimum atomic E-state index is -5.08. The first-order valence-corrected chi connectivity index (χ1v) is 11.2. The van der Waals surface area contributed by atoms with Gasteiger partial charge in [-0.25, -0.2) is 14.8 Å². The third-order valence-corrected chi connectivity index (χ3v) is 5.53. The number of nitrogens with zero attached hydrogens (tertiary/aromatic N) is 3. The zero-order valence-corrected chi connectivity index (χ0v) is 19.6. The van der Waals surface area contributed by atoms with Gasteiger partial charge in [-0.15, -0.1) is 11.3 Å². The van der Waals surface area contributed by atoms with Crippen molar-refractivity contribution < 1.29 is 27.8 Å². The molecule has 0 unspecified atom stereocenters. The number of anilines is 2. The lowest BCUT2D eigenvalue weighted by Crippen LogP contribution is -2.21. The Morgan fingerprint density at radius 3 is 2.62 bits per heavy atom. The number of hydrogen-bond donors (Lipinski definition) is 2. The summed E-state index contributed by atoms with van der Waals surface area (Å²) in [7, 11) is 1.60. The van der Waals surface area contributed by atoms with Crippen LogP contribution < -0.4 is 10.1 Å². The Labute approximate surface area is 201 Å². The average Bonchev–Trinajstić information content (AvgIpc) is 3.37. The van der Waals surface area contributed by atoms with Crippen molar-refractivity contribution >= 4 is 45.4 Å². The number of carbonyl (C=O) groups is 1. The number of carboxylic acid groups (broad SMARTS) is 1. The molecule has 0 amide bonds. The summed E-state index contributed by atoms with van der Waals surface area (Å²) < 4.78 is 39.0. The Morgan fingerprint density at radius 1 is 1.26 bits per heavy atom. The van der Waals surface area contributed by atoms with Crippen LogP contribution in [0.5, 0.6) is 5.75 Å². The summed E-state index contributed by atoms with van der Waals surface area (Å²) in [5.74, 6) is -2.11. The molecular weight excluding hydrogens is 493 g/mol. The van der Waals surface area contributed by atoms with E-state index in [2.05, 4.69) is 22.0 Å². The zero-order chi connectivity index (χ0) is 24.9. The van der Waals surface area contributed by atoms with Gasteiger partial charge in [-0.05, 0) is 36.8 Å². The van der Waals surface area contributed by atoms with Crippen molar-refractivity contribution in [2.75, 3.05) is 12.4 Å². The molecule has 0 fully saturated rings. The van der Waals surface area contributed by atoms with E-state index in [0.717, 1.165) is 46.4 Å². The van der Waals surface area contributed by atoms with E-state index >= 15 is 0 Å². The van der Waals surface area contributed by atoms with Crippen molar-refractivity contribution in [3.05, 3.63) is 58.7 Å². The van der Waals surface area contributed by atoms with Crippen LogP contribution in [0.3, 0.4) is 0 Å². The molecule has 0 saturated carbocycles. The molecule has 7 nitrogen and oxygen atoms in total. The van der Waals surface area contributed by atoms with E-state index in [1.165, 1.54) is 0 Å². The fraction of sp³-hybridized carbons (Fsp3) is 0.227. The maximum atomic E-state index is 10.6. The molecule has 0 spiro atoms. The highest BCUT2D eigenvalue weighted by atomic mass is 35.5. The number of rotatable bonds is 6. The summed E-state index contributed by atoms with van der Waals surface area (Å²) in [5, 5.41) is 13.9. The molecule has 180 valence electrons. The number of imidazole rings is 1. The molecule has 3 aromatic heterocycles. The van der Waals surface area contributed by atoms with E-state index in [1.807, 2.05) is 42.6 Å². The van der Waals surface area contributed by atoms with Crippen LogP contribution in [0.25, 0.3) is 17.0 Å². The van der Waals surface area contributed by atoms with Crippen LogP contribution in [0.4, 0.5) is 24.0 Å². The number of alkyl halides is 3. The highest BCUT2D eigenvalue weighted by Crippen LogP contribution is 2.33. The van der Waals surface area contributed by atoms with E-state index in [-0.39, 0.29) is 0 Å². The van der Waals surface area contributed by atoms with E-state index in [1.54, 1.807) is 18.4 Å². The van der Waals surface area contributed by atoms with E-state index in [4.69, 9.17) is 36.2 Å². The smallest absolute Gasteiger partial charge is 0.490 e. The molecule has 0 aliphatic rings. The molecule has 4 rings (SSSR count). The van der Waals surface area contributed by atoms with Crippen LogP contribution in [0.15, 0.2) is 48.0 Å². The Balaban J connectivity index is 0.000000406. The quantitative estimate of drug-likeness (QED) is 0.308. The molecular formula is C22H20ClF3N4O3S. The first-order chi connectivity index (χ1) is 16.1. The van der Waals surface area contributed by atoms with Gasteiger partial charge >= 0.3 is 12.1 Å². The van der Waals surface area contributed by atoms with Gasteiger partial charge in [0.1, 0.15) is 17.1 Å². The minimum absolute atomic E-state index is 0.561. The second-order valence-electron chi connectivity index (χ2n) is 6.90. The van der Waals surface area contributed by atoms with Crippen molar-refractivity contribution in [2.45, 2.75) is 25.9 Å². The second-order valence-corrected chi connectivity index (χ2v) is 8.17. The van der Waals surface area contributed by atoms with Gasteiger partial charge < -0.3 is 15.2 Å². The number of fused-ring (bicyclic) bond motifs is 1. The molecule has 34 heavy (non-hydrogen) atoms. The number of thiazole rings is 1. The number of aliphatic carboxylic acids is 1. The molecule has 1 aromatic carbocycles. The maximum Gasteiger partial charge on any atom is 0.490 e. The predicted octanol–water partition coefficient (Wildman–Crippen LogP) is 6.45. The lowest BCUT2D eigenvalue weighted by atomic mass is 10.2. The van der Waals surface area contributed by atoms with E-state index < -0.39 is 12.1 Å². The van der Waals surface area contributed by atoms with Gasteiger partial charge in [0.15, 0.2) is 5.13 Å². The Bertz CT molecular complexity index is 1290. The summed E-state index contributed by atoms with van der Waals surface area (Å²) >= 11 is 7.77. The minimum Gasteiger partial charge on any atom is -0.495 e. The molecule has 2 N–H and O–H groups in total. The van der Waals surface area contributed by atoms with Crippen molar-refractivity contribution in [3.63, 3.8) is 0 Å². The molecule has 3 heterocycles. The fourth-order valence-corrected chi connectivity index (χ4v) is 4.01. The Kier molecular flexibility index (Phi) is 8.00.